The SMILES string of the molecule is CC(C)c1ccc(N(CC(=O)NCCc2ccc(F)cc2)S(=O)(=O)c2ccccc2)cc1. The van der Waals surface area contributed by atoms with E-state index < -0.39 is 15.9 Å². The third-order valence-corrected chi connectivity index (χ3v) is 6.90. The zero-order chi connectivity index (χ0) is 23.1. The molecule has 0 bridgehead atoms. The van der Waals surface area contributed by atoms with Crippen molar-refractivity contribution in [3.8, 4) is 0 Å². The summed E-state index contributed by atoms with van der Waals surface area (Å²) in [4.78, 5) is 12.8. The van der Waals surface area contributed by atoms with E-state index in [0.29, 0.717) is 24.6 Å². The van der Waals surface area contributed by atoms with E-state index in [2.05, 4.69) is 19.2 Å². The molecule has 0 radical (unpaired) electrons. The lowest BCUT2D eigenvalue weighted by Crippen LogP contribution is -2.41. The first-order valence-electron chi connectivity index (χ1n) is 10.5. The number of sulfonamides is 1. The van der Waals surface area contributed by atoms with Gasteiger partial charge in [-0.3, -0.25) is 9.10 Å². The number of nitrogens with one attached hydrogen (secondary N) is 1. The highest BCUT2D eigenvalue weighted by molar-refractivity contribution is 7.92. The van der Waals surface area contributed by atoms with Crippen LogP contribution in [0, 0.1) is 5.82 Å². The average Bonchev–Trinajstić information content (AvgIpc) is 2.79. The van der Waals surface area contributed by atoms with Gasteiger partial charge in [0.1, 0.15) is 12.4 Å². The summed E-state index contributed by atoms with van der Waals surface area (Å²) in [6, 6.07) is 21.3. The molecule has 0 saturated carbocycles. The van der Waals surface area contributed by atoms with Gasteiger partial charge in [0, 0.05) is 6.54 Å². The molecule has 3 rings (SSSR count). The van der Waals surface area contributed by atoms with Crippen molar-refractivity contribution in [2.75, 3.05) is 17.4 Å². The number of anilines is 1. The monoisotopic (exact) mass is 454 g/mol. The molecule has 0 unspecified atom stereocenters. The summed E-state index contributed by atoms with van der Waals surface area (Å²) < 4.78 is 40.8. The van der Waals surface area contributed by atoms with E-state index in [-0.39, 0.29) is 17.3 Å². The van der Waals surface area contributed by atoms with Crippen molar-refractivity contribution in [3.05, 3.63) is 95.8 Å². The Morgan fingerprint density at radius 2 is 1.56 bits per heavy atom. The fraction of sp³-hybridized carbons (Fsp3) is 0.240. The van der Waals surface area contributed by atoms with Crippen LogP contribution in [0.4, 0.5) is 10.1 Å². The summed E-state index contributed by atoms with van der Waals surface area (Å²) in [6.07, 6.45) is 0.514. The van der Waals surface area contributed by atoms with Crippen LogP contribution in [-0.4, -0.2) is 27.4 Å². The van der Waals surface area contributed by atoms with Crippen LogP contribution in [0.2, 0.25) is 0 Å². The van der Waals surface area contributed by atoms with Gasteiger partial charge in [-0.2, -0.15) is 0 Å². The smallest absolute Gasteiger partial charge is 0.264 e. The average molecular weight is 455 g/mol. The molecule has 0 aliphatic carbocycles. The number of rotatable bonds is 9. The van der Waals surface area contributed by atoms with Gasteiger partial charge < -0.3 is 5.32 Å². The number of hydrogen-bond donors (Lipinski definition) is 1. The minimum absolute atomic E-state index is 0.118. The second-order valence-corrected chi connectivity index (χ2v) is 9.66. The first kappa shape index (κ1) is 23.5. The third-order valence-electron chi connectivity index (χ3n) is 5.12. The summed E-state index contributed by atoms with van der Waals surface area (Å²) >= 11 is 0. The molecule has 0 saturated heterocycles. The van der Waals surface area contributed by atoms with Crippen molar-refractivity contribution in [3.63, 3.8) is 0 Å². The van der Waals surface area contributed by atoms with Gasteiger partial charge in [0.25, 0.3) is 10.0 Å². The van der Waals surface area contributed by atoms with Gasteiger partial charge in [0.15, 0.2) is 0 Å². The van der Waals surface area contributed by atoms with Crippen LogP contribution in [-0.2, 0) is 21.2 Å². The van der Waals surface area contributed by atoms with Crippen molar-refractivity contribution in [1.29, 1.82) is 0 Å². The molecule has 0 aliphatic heterocycles. The van der Waals surface area contributed by atoms with Gasteiger partial charge in [-0.25, -0.2) is 12.8 Å². The summed E-state index contributed by atoms with van der Waals surface area (Å²) in [7, 11) is -3.93. The second kappa shape index (κ2) is 10.4. The van der Waals surface area contributed by atoms with Crippen LogP contribution >= 0.6 is 0 Å². The molecule has 7 heteroatoms. The Balaban J connectivity index is 1.77. The van der Waals surface area contributed by atoms with Crippen molar-refractivity contribution < 1.29 is 17.6 Å². The fourth-order valence-corrected chi connectivity index (χ4v) is 4.69. The Morgan fingerprint density at radius 3 is 2.16 bits per heavy atom. The van der Waals surface area contributed by atoms with Gasteiger partial charge >= 0.3 is 0 Å². The van der Waals surface area contributed by atoms with E-state index >= 15 is 0 Å². The van der Waals surface area contributed by atoms with Crippen LogP contribution in [0.5, 0.6) is 0 Å². The highest BCUT2D eigenvalue weighted by atomic mass is 32.2. The van der Waals surface area contributed by atoms with E-state index in [1.54, 1.807) is 42.5 Å². The van der Waals surface area contributed by atoms with Crippen molar-refractivity contribution in [2.45, 2.75) is 31.1 Å². The summed E-state index contributed by atoms with van der Waals surface area (Å²) in [5.74, 6) is -0.430. The lowest BCUT2D eigenvalue weighted by molar-refractivity contribution is -0.119. The molecule has 5 nitrogen and oxygen atoms in total. The quantitative estimate of drug-likeness (QED) is 0.518. The lowest BCUT2D eigenvalue weighted by atomic mass is 10.0. The molecule has 3 aromatic carbocycles. The van der Waals surface area contributed by atoms with Crippen molar-refractivity contribution >= 4 is 21.6 Å². The normalized spacial score (nSPS) is 11.4. The molecule has 1 N–H and O–H groups in total. The molecule has 0 fully saturated rings. The van der Waals surface area contributed by atoms with E-state index in [1.807, 2.05) is 12.1 Å². The van der Waals surface area contributed by atoms with Gasteiger partial charge in [0.05, 0.1) is 10.6 Å². The van der Waals surface area contributed by atoms with Crippen LogP contribution in [0.1, 0.15) is 30.9 Å². The number of halogens is 1. The van der Waals surface area contributed by atoms with Crippen LogP contribution in [0.15, 0.2) is 83.8 Å². The van der Waals surface area contributed by atoms with Crippen molar-refractivity contribution in [1.82, 2.24) is 5.32 Å². The van der Waals surface area contributed by atoms with Crippen LogP contribution in [0.25, 0.3) is 0 Å². The Kier molecular flexibility index (Phi) is 7.64. The minimum atomic E-state index is -3.93. The second-order valence-electron chi connectivity index (χ2n) is 7.80. The lowest BCUT2D eigenvalue weighted by Gasteiger charge is -2.24. The summed E-state index contributed by atoms with van der Waals surface area (Å²) in [6.45, 7) is 4.09. The van der Waals surface area contributed by atoms with Crippen molar-refractivity contribution in [2.24, 2.45) is 0 Å². The predicted octanol–water partition coefficient (Wildman–Crippen LogP) is 4.50. The fourth-order valence-electron chi connectivity index (χ4n) is 3.24. The maximum absolute atomic E-state index is 13.3. The Hall–Kier alpha value is -3.19. The Bertz CT molecular complexity index is 1130. The number of benzene rings is 3. The van der Waals surface area contributed by atoms with Gasteiger partial charge in [0.2, 0.25) is 5.91 Å². The first-order chi connectivity index (χ1) is 15.3. The summed E-state index contributed by atoms with van der Waals surface area (Å²) in [5.41, 5.74) is 2.38. The molecule has 0 atom stereocenters. The van der Waals surface area contributed by atoms with Gasteiger partial charge in [-0.05, 0) is 59.9 Å². The first-order valence-corrected chi connectivity index (χ1v) is 11.9. The molecule has 168 valence electrons. The number of carbonyl (C=O) groups is 1. The zero-order valence-corrected chi connectivity index (χ0v) is 19.0. The largest absolute Gasteiger partial charge is 0.354 e. The zero-order valence-electron chi connectivity index (χ0n) is 18.2. The maximum Gasteiger partial charge on any atom is 0.264 e. The minimum Gasteiger partial charge on any atom is -0.354 e. The molecular weight excluding hydrogens is 427 g/mol. The number of amides is 1. The molecule has 0 heterocycles. The molecule has 32 heavy (non-hydrogen) atoms. The van der Waals surface area contributed by atoms with Gasteiger partial charge in [-0.1, -0.05) is 56.3 Å². The maximum atomic E-state index is 13.3. The number of carbonyl (C=O) groups excluding carboxylic acids is 1. The molecule has 0 aliphatic rings. The Labute approximate surface area is 188 Å². The van der Waals surface area contributed by atoms with E-state index in [4.69, 9.17) is 0 Å². The highest BCUT2D eigenvalue weighted by Crippen LogP contribution is 2.25. The highest BCUT2D eigenvalue weighted by Gasteiger charge is 2.27. The van der Waals surface area contributed by atoms with E-state index in [1.165, 1.54) is 24.3 Å². The molecule has 1 amide bonds. The van der Waals surface area contributed by atoms with E-state index in [0.717, 1.165) is 15.4 Å². The molecule has 3 aromatic rings. The molecule has 0 aromatic heterocycles. The standard InChI is InChI=1S/C25H27FN2O3S/c1-19(2)21-10-14-23(15-11-21)28(32(30,31)24-6-4-3-5-7-24)18-25(29)27-17-16-20-8-12-22(26)13-9-20/h3-15,19H,16-18H2,1-2H3,(H,27,29). The topological polar surface area (TPSA) is 66.5 Å². The van der Waals surface area contributed by atoms with Crippen LogP contribution in [0.3, 0.4) is 0 Å². The predicted molar refractivity (Wildman–Crippen MR) is 125 cm³/mol. The molecule has 0 spiro atoms. The van der Waals surface area contributed by atoms with Crippen LogP contribution < -0.4 is 9.62 Å². The van der Waals surface area contributed by atoms with E-state index in [9.17, 15) is 17.6 Å². The number of hydrogen-bond acceptors (Lipinski definition) is 3. The Morgan fingerprint density at radius 1 is 0.938 bits per heavy atom. The third kappa shape index (κ3) is 5.95. The van der Waals surface area contributed by atoms with Gasteiger partial charge in [-0.15, -0.1) is 0 Å². The summed E-state index contributed by atoms with van der Waals surface area (Å²) in [5, 5.41) is 2.76. The number of nitrogens with zero attached hydrogens (tertiary/aromatic N) is 1. The molecular formula is C25H27FN2O3S.